The molecule has 1 unspecified atom stereocenters. The van der Waals surface area contributed by atoms with E-state index in [2.05, 4.69) is 26.0 Å². The molecule has 1 atom stereocenters. The van der Waals surface area contributed by atoms with Crippen LogP contribution in [0, 0.1) is 5.92 Å². The Labute approximate surface area is 57.1 Å². The lowest BCUT2D eigenvalue weighted by Crippen LogP contribution is -2.07. The molecule has 0 aliphatic heterocycles. The van der Waals surface area contributed by atoms with Gasteiger partial charge in [0.05, 0.1) is 0 Å². The van der Waals surface area contributed by atoms with Gasteiger partial charge in [-0.05, 0) is 18.9 Å². The van der Waals surface area contributed by atoms with Gasteiger partial charge in [0, 0.05) is 0 Å². The highest BCUT2D eigenvalue weighted by molar-refractivity contribution is 4.85. The maximum Gasteiger partial charge on any atom is -0.00168 e. The number of allylic oxidation sites excluding steroid dienone is 1. The van der Waals surface area contributed by atoms with E-state index < -0.39 is 0 Å². The average Bonchev–Trinajstić information content (AvgIpc) is 1.83. The molecule has 4 N–H and O–H groups in total. The zero-order chi connectivity index (χ0) is 6.41. The number of rotatable bonds is 3. The summed E-state index contributed by atoms with van der Waals surface area (Å²) in [6.07, 6.45) is 5.42. The fourth-order valence-electron chi connectivity index (χ4n) is 0.447. The first-order chi connectivity index (χ1) is 3.81. The second-order valence-electron chi connectivity index (χ2n) is 2.05. The summed E-state index contributed by atoms with van der Waals surface area (Å²) in [5.74, 6) is 0.551. The summed E-state index contributed by atoms with van der Waals surface area (Å²) in [7, 11) is 0. The second kappa shape index (κ2) is 7.66. The van der Waals surface area contributed by atoms with Gasteiger partial charge in [0.15, 0.2) is 0 Å². The first-order valence-electron chi connectivity index (χ1n) is 3.18. The van der Waals surface area contributed by atoms with Crippen LogP contribution in [0.5, 0.6) is 0 Å². The Bertz CT molecular complexity index is 71.3. The van der Waals surface area contributed by atoms with Crippen LogP contribution in [-0.4, -0.2) is 12.0 Å². The van der Waals surface area contributed by atoms with Crippen molar-refractivity contribution in [3.05, 3.63) is 12.2 Å². The van der Waals surface area contributed by atoms with E-state index in [-0.39, 0.29) is 5.48 Å². The van der Waals surface area contributed by atoms with Crippen LogP contribution in [0.4, 0.5) is 0 Å². The van der Waals surface area contributed by atoms with Crippen molar-refractivity contribution >= 4 is 0 Å². The van der Waals surface area contributed by atoms with Crippen LogP contribution in [0.15, 0.2) is 12.2 Å². The number of hydrogen-bond acceptors (Lipinski definition) is 1. The summed E-state index contributed by atoms with van der Waals surface area (Å²) in [6.45, 7) is 5.00. The molecule has 0 aliphatic rings. The van der Waals surface area contributed by atoms with Crippen LogP contribution in [0.1, 0.15) is 20.3 Å². The van der Waals surface area contributed by atoms with Gasteiger partial charge in [-0.1, -0.05) is 26.0 Å². The van der Waals surface area contributed by atoms with Crippen LogP contribution >= 0.6 is 0 Å². The first-order valence-corrected chi connectivity index (χ1v) is 3.18. The fraction of sp³-hybridized carbons (Fsp3) is 0.714. The molecule has 0 bridgehead atoms. The van der Waals surface area contributed by atoms with Crippen molar-refractivity contribution in [2.45, 2.75) is 20.3 Å². The molecule has 0 saturated heterocycles. The number of hydrogen-bond donors (Lipinski definition) is 1. The molecule has 0 heterocycles. The van der Waals surface area contributed by atoms with Gasteiger partial charge in [-0.25, -0.2) is 0 Å². The quantitative estimate of drug-likeness (QED) is 0.564. The summed E-state index contributed by atoms with van der Waals surface area (Å²) in [5, 5.41) is 0. The van der Waals surface area contributed by atoms with Crippen LogP contribution in [-0.2, 0) is 0 Å². The van der Waals surface area contributed by atoms with E-state index in [1.165, 1.54) is 0 Å². The Kier molecular flexibility index (Phi) is 9.75. The third-order valence-corrected chi connectivity index (χ3v) is 1.07. The lowest BCUT2D eigenvalue weighted by molar-refractivity contribution is 0.737. The van der Waals surface area contributed by atoms with E-state index >= 15 is 0 Å². The van der Waals surface area contributed by atoms with E-state index in [1.807, 2.05) is 0 Å². The van der Waals surface area contributed by atoms with E-state index in [0.29, 0.717) is 5.92 Å². The Morgan fingerprint density at radius 1 is 1.56 bits per heavy atom. The van der Waals surface area contributed by atoms with Crippen LogP contribution in [0.25, 0.3) is 0 Å². The zero-order valence-corrected chi connectivity index (χ0v) is 6.22. The van der Waals surface area contributed by atoms with Crippen LogP contribution in [0.3, 0.4) is 0 Å². The molecule has 56 valence electrons. The largest absolute Gasteiger partial charge is 0.412 e. The van der Waals surface area contributed by atoms with Crippen molar-refractivity contribution in [3.8, 4) is 0 Å². The topological polar surface area (TPSA) is 57.5 Å². The molecule has 0 spiro atoms. The van der Waals surface area contributed by atoms with Crippen LogP contribution in [0.2, 0.25) is 0 Å². The molecule has 2 heteroatoms. The monoisotopic (exact) mass is 131 g/mol. The predicted octanol–water partition coefficient (Wildman–Crippen LogP) is 0.723. The van der Waals surface area contributed by atoms with Crippen molar-refractivity contribution < 1.29 is 5.48 Å². The zero-order valence-electron chi connectivity index (χ0n) is 6.22. The maximum atomic E-state index is 5.36. The van der Waals surface area contributed by atoms with Crippen LogP contribution < -0.4 is 5.73 Å². The molecule has 0 saturated carbocycles. The minimum atomic E-state index is 0. The van der Waals surface area contributed by atoms with Crippen molar-refractivity contribution in [2.24, 2.45) is 11.7 Å². The van der Waals surface area contributed by atoms with E-state index in [0.717, 1.165) is 13.0 Å². The highest BCUT2D eigenvalue weighted by Crippen LogP contribution is 1.93. The molecule has 9 heavy (non-hydrogen) atoms. The minimum Gasteiger partial charge on any atom is -0.412 e. The Balaban J connectivity index is 0. The second-order valence-corrected chi connectivity index (χ2v) is 2.05. The van der Waals surface area contributed by atoms with Gasteiger partial charge in [0.2, 0.25) is 0 Å². The van der Waals surface area contributed by atoms with E-state index in [1.54, 1.807) is 0 Å². The summed E-state index contributed by atoms with van der Waals surface area (Å²) < 4.78 is 0. The maximum absolute atomic E-state index is 5.36. The molecule has 0 aromatic heterocycles. The SMILES string of the molecule is CCC=CC(C)CN.O. The molecule has 0 amide bonds. The minimum absolute atomic E-state index is 0. The van der Waals surface area contributed by atoms with Crippen molar-refractivity contribution in [1.29, 1.82) is 0 Å². The van der Waals surface area contributed by atoms with Gasteiger partial charge in [-0.3, -0.25) is 0 Å². The Morgan fingerprint density at radius 2 is 2.11 bits per heavy atom. The normalized spacial score (nSPS) is 13.2. The highest BCUT2D eigenvalue weighted by atomic mass is 16.0. The first kappa shape index (κ1) is 11.5. The Hall–Kier alpha value is -0.340. The van der Waals surface area contributed by atoms with Crippen molar-refractivity contribution in [1.82, 2.24) is 0 Å². The van der Waals surface area contributed by atoms with E-state index in [4.69, 9.17) is 5.73 Å². The average molecular weight is 131 g/mol. The van der Waals surface area contributed by atoms with Gasteiger partial charge >= 0.3 is 0 Å². The van der Waals surface area contributed by atoms with E-state index in [9.17, 15) is 0 Å². The molecule has 0 aromatic rings. The van der Waals surface area contributed by atoms with Gasteiger partial charge in [0.1, 0.15) is 0 Å². The number of nitrogens with two attached hydrogens (primary N) is 1. The molecular weight excluding hydrogens is 114 g/mol. The predicted molar refractivity (Wildman–Crippen MR) is 41.3 cm³/mol. The summed E-state index contributed by atoms with van der Waals surface area (Å²) >= 11 is 0. The summed E-state index contributed by atoms with van der Waals surface area (Å²) in [6, 6.07) is 0. The van der Waals surface area contributed by atoms with Gasteiger partial charge in [-0.15, -0.1) is 0 Å². The lowest BCUT2D eigenvalue weighted by atomic mass is 10.1. The highest BCUT2D eigenvalue weighted by Gasteiger charge is 1.87. The molecule has 0 aromatic carbocycles. The van der Waals surface area contributed by atoms with Gasteiger partial charge < -0.3 is 11.2 Å². The molecule has 0 radical (unpaired) electrons. The smallest absolute Gasteiger partial charge is 0.00168 e. The molecule has 0 rings (SSSR count). The molecule has 0 fully saturated rings. The molecular formula is C7H17NO. The summed E-state index contributed by atoms with van der Waals surface area (Å²) in [4.78, 5) is 0. The summed E-state index contributed by atoms with van der Waals surface area (Å²) in [5.41, 5.74) is 5.36. The fourth-order valence-corrected chi connectivity index (χ4v) is 0.447. The third-order valence-electron chi connectivity index (χ3n) is 1.07. The van der Waals surface area contributed by atoms with Crippen molar-refractivity contribution in [3.63, 3.8) is 0 Å². The van der Waals surface area contributed by atoms with Gasteiger partial charge in [-0.2, -0.15) is 0 Å². The van der Waals surface area contributed by atoms with Crippen molar-refractivity contribution in [2.75, 3.05) is 6.54 Å². The lowest BCUT2D eigenvalue weighted by Gasteiger charge is -1.96. The van der Waals surface area contributed by atoms with Gasteiger partial charge in [0.25, 0.3) is 0 Å². The molecule has 2 nitrogen and oxygen atoms in total. The Morgan fingerprint density at radius 3 is 2.44 bits per heavy atom. The molecule has 0 aliphatic carbocycles. The third kappa shape index (κ3) is 7.66. The standard InChI is InChI=1S/C7H15N.H2O/c1-3-4-5-7(2)6-8;/h4-5,7H,3,6,8H2,1-2H3;1H2.